The highest BCUT2D eigenvalue weighted by Gasteiger charge is 2.39. The van der Waals surface area contributed by atoms with Gasteiger partial charge in [0.15, 0.2) is 0 Å². The fourth-order valence-electron chi connectivity index (χ4n) is 4.63. The van der Waals surface area contributed by atoms with Crippen LogP contribution in [0.25, 0.3) is 0 Å². The van der Waals surface area contributed by atoms with E-state index in [-0.39, 0.29) is 23.4 Å². The molecule has 156 valence electrons. The summed E-state index contributed by atoms with van der Waals surface area (Å²) in [7, 11) is 0. The summed E-state index contributed by atoms with van der Waals surface area (Å²) in [6.07, 6.45) is 3.85. The number of morpholine rings is 1. The van der Waals surface area contributed by atoms with Crippen LogP contribution in [0.15, 0.2) is 18.2 Å². The molecule has 2 heterocycles. The summed E-state index contributed by atoms with van der Waals surface area (Å²) in [5.74, 6) is -0.217. The molecule has 0 radical (unpaired) electrons. The molecule has 3 rings (SSSR count). The summed E-state index contributed by atoms with van der Waals surface area (Å²) < 4.78 is 18.8. The van der Waals surface area contributed by atoms with Crippen molar-refractivity contribution in [3.05, 3.63) is 35.1 Å². The molecule has 2 aliphatic heterocycles. The Morgan fingerprint density at radius 3 is 2.54 bits per heavy atom. The van der Waals surface area contributed by atoms with E-state index in [1.54, 1.807) is 6.07 Å². The minimum atomic E-state index is -0.217. The molecule has 2 fully saturated rings. The molecule has 1 N–H and O–H groups in total. The van der Waals surface area contributed by atoms with Crippen LogP contribution >= 0.6 is 0 Å². The zero-order valence-corrected chi connectivity index (χ0v) is 17.5. The van der Waals surface area contributed by atoms with Gasteiger partial charge in [0.1, 0.15) is 5.82 Å². The number of nitrogens with one attached hydrogen (secondary N) is 1. The number of piperidine rings is 1. The van der Waals surface area contributed by atoms with Crippen molar-refractivity contribution in [2.75, 3.05) is 39.4 Å². The van der Waals surface area contributed by atoms with E-state index in [9.17, 15) is 9.18 Å². The maximum absolute atomic E-state index is 13.3. The summed E-state index contributed by atoms with van der Waals surface area (Å²) in [6.45, 7) is 11.4. The molecule has 1 aromatic carbocycles. The van der Waals surface area contributed by atoms with Crippen molar-refractivity contribution in [3.63, 3.8) is 0 Å². The van der Waals surface area contributed by atoms with E-state index in [0.29, 0.717) is 6.42 Å². The van der Waals surface area contributed by atoms with Gasteiger partial charge in [0.25, 0.3) is 0 Å². The number of amides is 2. The molecule has 0 spiro atoms. The third-order valence-electron chi connectivity index (χ3n) is 6.52. The monoisotopic (exact) mass is 391 g/mol. The van der Waals surface area contributed by atoms with Crippen molar-refractivity contribution in [1.29, 1.82) is 0 Å². The molecule has 2 amide bonds. The first-order chi connectivity index (χ1) is 13.4. The Kier molecular flexibility index (Phi) is 6.94. The van der Waals surface area contributed by atoms with Crippen molar-refractivity contribution < 1.29 is 13.9 Å². The van der Waals surface area contributed by atoms with Crippen LogP contribution in [0.5, 0.6) is 0 Å². The molecule has 0 saturated carbocycles. The van der Waals surface area contributed by atoms with Gasteiger partial charge in [-0.25, -0.2) is 9.18 Å². The van der Waals surface area contributed by atoms with E-state index in [4.69, 9.17) is 4.74 Å². The van der Waals surface area contributed by atoms with Gasteiger partial charge in [-0.15, -0.1) is 0 Å². The lowest BCUT2D eigenvalue weighted by molar-refractivity contribution is -0.0454. The lowest BCUT2D eigenvalue weighted by Gasteiger charge is -2.50. The third-order valence-corrected chi connectivity index (χ3v) is 6.52. The van der Waals surface area contributed by atoms with Crippen LogP contribution in [0.2, 0.25) is 0 Å². The highest BCUT2D eigenvalue weighted by atomic mass is 19.1. The van der Waals surface area contributed by atoms with E-state index in [1.807, 2.05) is 24.8 Å². The summed E-state index contributed by atoms with van der Waals surface area (Å²) in [4.78, 5) is 17.3. The summed E-state index contributed by atoms with van der Waals surface area (Å²) in [5.41, 5.74) is 2.21. The number of urea groups is 1. The van der Waals surface area contributed by atoms with Gasteiger partial charge in [-0.05, 0) is 62.8 Å². The topological polar surface area (TPSA) is 44.8 Å². The first kappa shape index (κ1) is 21.1. The number of ether oxygens (including phenoxy) is 1. The largest absolute Gasteiger partial charge is 0.379 e. The van der Waals surface area contributed by atoms with Crippen LogP contribution in [-0.2, 0) is 11.2 Å². The van der Waals surface area contributed by atoms with Crippen LogP contribution in [0.1, 0.15) is 44.2 Å². The van der Waals surface area contributed by atoms with E-state index < -0.39 is 0 Å². The van der Waals surface area contributed by atoms with E-state index in [1.165, 1.54) is 6.07 Å². The van der Waals surface area contributed by atoms with E-state index in [2.05, 4.69) is 17.1 Å². The number of nitrogens with zero attached hydrogens (tertiary/aromatic N) is 2. The van der Waals surface area contributed by atoms with Crippen LogP contribution < -0.4 is 5.32 Å². The Morgan fingerprint density at radius 1 is 1.25 bits per heavy atom. The van der Waals surface area contributed by atoms with Crippen molar-refractivity contribution in [2.24, 2.45) is 0 Å². The van der Waals surface area contributed by atoms with Crippen LogP contribution in [0.4, 0.5) is 9.18 Å². The van der Waals surface area contributed by atoms with Crippen LogP contribution in [-0.4, -0.2) is 66.8 Å². The average Bonchev–Trinajstić information content (AvgIpc) is 2.71. The zero-order valence-electron chi connectivity index (χ0n) is 17.5. The number of halogens is 1. The first-order valence-electron chi connectivity index (χ1n) is 10.6. The van der Waals surface area contributed by atoms with Gasteiger partial charge < -0.3 is 15.0 Å². The number of aryl methyl sites for hydroxylation is 1. The number of benzene rings is 1. The lowest BCUT2D eigenvalue weighted by atomic mass is 9.83. The molecule has 6 heteroatoms. The number of likely N-dealkylation sites (tertiary alicyclic amines) is 1. The Morgan fingerprint density at radius 2 is 1.93 bits per heavy atom. The van der Waals surface area contributed by atoms with Gasteiger partial charge >= 0.3 is 6.03 Å². The summed E-state index contributed by atoms with van der Waals surface area (Å²) in [6, 6.07) is 4.86. The number of carbonyl (C=O) groups is 1. The maximum atomic E-state index is 13.3. The number of carbonyl (C=O) groups excluding carboxylic acids is 1. The molecule has 0 aromatic heterocycles. The second kappa shape index (κ2) is 9.23. The number of hydrogen-bond acceptors (Lipinski definition) is 3. The first-order valence-corrected chi connectivity index (χ1v) is 10.6. The van der Waals surface area contributed by atoms with Crippen molar-refractivity contribution in [2.45, 2.75) is 58.0 Å². The molecular weight excluding hydrogens is 357 g/mol. The Balaban J connectivity index is 1.51. The second-order valence-electron chi connectivity index (χ2n) is 8.29. The molecule has 2 saturated heterocycles. The molecule has 1 aromatic rings. The predicted molar refractivity (Wildman–Crippen MR) is 109 cm³/mol. The molecule has 0 aliphatic carbocycles. The quantitative estimate of drug-likeness (QED) is 0.837. The van der Waals surface area contributed by atoms with Gasteiger partial charge in [-0.2, -0.15) is 0 Å². The highest BCUT2D eigenvalue weighted by Crippen LogP contribution is 2.32. The Labute approximate surface area is 168 Å². The summed E-state index contributed by atoms with van der Waals surface area (Å²) in [5, 5.41) is 3.12. The van der Waals surface area contributed by atoms with Crippen molar-refractivity contribution >= 4 is 6.03 Å². The number of rotatable bonds is 5. The smallest absolute Gasteiger partial charge is 0.317 e. The van der Waals surface area contributed by atoms with Gasteiger partial charge in [-0.3, -0.25) is 4.90 Å². The zero-order chi connectivity index (χ0) is 20.1. The van der Waals surface area contributed by atoms with Crippen LogP contribution in [0.3, 0.4) is 0 Å². The van der Waals surface area contributed by atoms with E-state index in [0.717, 1.165) is 69.8 Å². The van der Waals surface area contributed by atoms with Crippen molar-refractivity contribution in [1.82, 2.24) is 15.1 Å². The molecule has 28 heavy (non-hydrogen) atoms. The highest BCUT2D eigenvalue weighted by molar-refractivity contribution is 5.74. The Bertz CT molecular complexity index is 668. The third kappa shape index (κ3) is 4.84. The SMILES string of the molecule is CCC1(N2CCOCC2)CCN(C(=O)NC(C)Cc2ccc(F)cc2C)CC1. The molecule has 2 aliphatic rings. The van der Waals surface area contributed by atoms with Crippen molar-refractivity contribution in [3.8, 4) is 0 Å². The Hall–Kier alpha value is -1.66. The molecule has 0 bridgehead atoms. The van der Waals surface area contributed by atoms with Gasteiger partial charge in [0.05, 0.1) is 13.2 Å². The van der Waals surface area contributed by atoms with Gasteiger partial charge in [0.2, 0.25) is 0 Å². The minimum Gasteiger partial charge on any atom is -0.379 e. The number of hydrogen-bond donors (Lipinski definition) is 1. The molecule has 1 atom stereocenters. The standard InChI is InChI=1S/C22H34FN3O2/c1-4-22(26-11-13-28-14-12-26)7-9-25(10-8-22)21(27)24-18(3)16-19-5-6-20(23)15-17(19)2/h5-6,15,18H,4,7-14,16H2,1-3H3,(H,24,27). The molecule has 5 nitrogen and oxygen atoms in total. The predicted octanol–water partition coefficient (Wildman–Crippen LogP) is 3.35. The second-order valence-corrected chi connectivity index (χ2v) is 8.29. The lowest BCUT2D eigenvalue weighted by Crippen LogP contribution is -2.59. The fourth-order valence-corrected chi connectivity index (χ4v) is 4.63. The van der Waals surface area contributed by atoms with Crippen LogP contribution in [0, 0.1) is 12.7 Å². The van der Waals surface area contributed by atoms with Gasteiger partial charge in [0, 0.05) is 37.8 Å². The fraction of sp³-hybridized carbons (Fsp3) is 0.682. The maximum Gasteiger partial charge on any atom is 0.317 e. The normalized spacial score (nSPS) is 21.4. The minimum absolute atomic E-state index is 0.00811. The summed E-state index contributed by atoms with van der Waals surface area (Å²) >= 11 is 0. The average molecular weight is 392 g/mol. The van der Waals surface area contributed by atoms with E-state index >= 15 is 0 Å². The van der Waals surface area contributed by atoms with Gasteiger partial charge in [-0.1, -0.05) is 13.0 Å². The molecular formula is C22H34FN3O2. The molecule has 1 unspecified atom stereocenters.